The van der Waals surface area contributed by atoms with E-state index in [9.17, 15) is 9.59 Å². The first kappa shape index (κ1) is 20.1. The minimum Gasteiger partial charge on any atom is -0.478 e. The number of amides is 1. The number of aromatic amines is 1. The SMILES string of the molecule is NCCC(C(=O)N1Cc2[nH]nc(-c3ccc(C(=O)O)cc3)c2C1)c1ccccc1Cl. The van der Waals surface area contributed by atoms with Crippen LogP contribution in [0.2, 0.25) is 5.02 Å². The van der Waals surface area contributed by atoms with E-state index in [1.807, 2.05) is 18.2 Å². The third kappa shape index (κ3) is 3.69. The molecule has 0 bridgehead atoms. The number of aromatic nitrogens is 2. The Morgan fingerprint density at radius 2 is 1.90 bits per heavy atom. The molecule has 0 spiro atoms. The fourth-order valence-corrected chi connectivity index (χ4v) is 4.13. The molecule has 2 aromatic carbocycles. The van der Waals surface area contributed by atoms with Gasteiger partial charge in [-0.1, -0.05) is 41.9 Å². The van der Waals surface area contributed by atoms with E-state index in [0.29, 0.717) is 31.1 Å². The van der Waals surface area contributed by atoms with Gasteiger partial charge in [0.05, 0.1) is 36.0 Å². The molecular weight excluding hydrogens is 404 g/mol. The Labute approximate surface area is 178 Å². The van der Waals surface area contributed by atoms with Crippen LogP contribution < -0.4 is 5.73 Å². The van der Waals surface area contributed by atoms with Crippen molar-refractivity contribution >= 4 is 23.5 Å². The molecule has 0 saturated heterocycles. The summed E-state index contributed by atoms with van der Waals surface area (Å²) in [5, 5.41) is 17.0. The zero-order valence-corrected chi connectivity index (χ0v) is 16.9. The molecule has 0 radical (unpaired) electrons. The Balaban J connectivity index is 1.58. The molecule has 0 fully saturated rings. The van der Waals surface area contributed by atoms with Gasteiger partial charge < -0.3 is 15.7 Å². The number of benzene rings is 2. The van der Waals surface area contributed by atoms with Crippen LogP contribution in [0, 0.1) is 0 Å². The summed E-state index contributed by atoms with van der Waals surface area (Å²) < 4.78 is 0. The van der Waals surface area contributed by atoms with Gasteiger partial charge in [-0.05, 0) is 36.7 Å². The summed E-state index contributed by atoms with van der Waals surface area (Å²) >= 11 is 6.34. The lowest BCUT2D eigenvalue weighted by Gasteiger charge is -2.24. The second-order valence-corrected chi connectivity index (χ2v) is 7.66. The lowest BCUT2D eigenvalue weighted by molar-refractivity contribution is -0.133. The van der Waals surface area contributed by atoms with Crippen molar-refractivity contribution in [2.24, 2.45) is 5.73 Å². The molecule has 4 N–H and O–H groups in total. The number of nitrogens with one attached hydrogen (secondary N) is 1. The van der Waals surface area contributed by atoms with Gasteiger partial charge in [-0.2, -0.15) is 5.10 Å². The maximum atomic E-state index is 13.3. The zero-order chi connectivity index (χ0) is 21.3. The summed E-state index contributed by atoms with van der Waals surface area (Å²) in [5.74, 6) is -1.40. The molecule has 8 heteroatoms. The fourth-order valence-electron chi connectivity index (χ4n) is 3.86. The third-order valence-electron chi connectivity index (χ3n) is 5.40. The predicted molar refractivity (Wildman–Crippen MR) is 113 cm³/mol. The average molecular weight is 425 g/mol. The molecule has 154 valence electrons. The quantitative estimate of drug-likeness (QED) is 0.561. The van der Waals surface area contributed by atoms with E-state index in [-0.39, 0.29) is 11.5 Å². The van der Waals surface area contributed by atoms with Gasteiger partial charge in [0.1, 0.15) is 0 Å². The Hall–Kier alpha value is -3.16. The Morgan fingerprint density at radius 3 is 2.57 bits per heavy atom. The van der Waals surface area contributed by atoms with Gasteiger partial charge in [-0.15, -0.1) is 0 Å². The van der Waals surface area contributed by atoms with Crippen LogP contribution in [0.25, 0.3) is 11.3 Å². The number of aromatic carboxylic acids is 1. The van der Waals surface area contributed by atoms with Crippen LogP contribution in [0.5, 0.6) is 0 Å². The number of nitrogens with two attached hydrogens (primary N) is 1. The Kier molecular flexibility index (Phi) is 5.57. The fraction of sp³-hybridized carbons (Fsp3) is 0.227. The number of hydrogen-bond donors (Lipinski definition) is 3. The van der Waals surface area contributed by atoms with E-state index >= 15 is 0 Å². The molecule has 4 rings (SSSR count). The lowest BCUT2D eigenvalue weighted by Crippen LogP contribution is -2.32. The van der Waals surface area contributed by atoms with Gasteiger partial charge in [0.15, 0.2) is 0 Å². The second kappa shape index (κ2) is 8.30. The minimum absolute atomic E-state index is 0.0228. The number of carboxylic acids is 1. The van der Waals surface area contributed by atoms with Crippen molar-refractivity contribution in [1.29, 1.82) is 0 Å². The number of carbonyl (C=O) groups excluding carboxylic acids is 1. The van der Waals surface area contributed by atoms with Crippen LogP contribution in [0.15, 0.2) is 48.5 Å². The highest BCUT2D eigenvalue weighted by Crippen LogP contribution is 2.35. The Bertz CT molecular complexity index is 1090. The van der Waals surface area contributed by atoms with Crippen LogP contribution in [-0.2, 0) is 17.9 Å². The summed E-state index contributed by atoms with van der Waals surface area (Å²) in [7, 11) is 0. The molecule has 1 atom stereocenters. The number of halogens is 1. The number of rotatable bonds is 6. The van der Waals surface area contributed by atoms with Crippen molar-refractivity contribution in [2.75, 3.05) is 6.54 Å². The highest BCUT2D eigenvalue weighted by molar-refractivity contribution is 6.31. The largest absolute Gasteiger partial charge is 0.478 e. The van der Waals surface area contributed by atoms with Gasteiger partial charge in [-0.3, -0.25) is 9.89 Å². The van der Waals surface area contributed by atoms with E-state index in [4.69, 9.17) is 22.4 Å². The summed E-state index contributed by atoms with van der Waals surface area (Å²) in [6.07, 6.45) is 0.509. The molecule has 0 saturated carbocycles. The van der Waals surface area contributed by atoms with Crippen molar-refractivity contribution in [2.45, 2.75) is 25.4 Å². The first-order chi connectivity index (χ1) is 14.5. The number of hydrogen-bond acceptors (Lipinski definition) is 4. The number of H-pyrrole nitrogens is 1. The van der Waals surface area contributed by atoms with Crippen LogP contribution in [0.1, 0.15) is 39.5 Å². The van der Waals surface area contributed by atoms with Crippen molar-refractivity contribution < 1.29 is 14.7 Å². The van der Waals surface area contributed by atoms with E-state index in [1.165, 1.54) is 0 Å². The first-order valence-electron chi connectivity index (χ1n) is 9.62. The van der Waals surface area contributed by atoms with E-state index in [2.05, 4.69) is 10.2 Å². The van der Waals surface area contributed by atoms with E-state index < -0.39 is 11.9 Å². The number of fused-ring (bicyclic) bond motifs is 1. The van der Waals surface area contributed by atoms with Gasteiger partial charge in [0, 0.05) is 16.1 Å². The summed E-state index contributed by atoms with van der Waals surface area (Å²) in [6, 6.07) is 13.9. The molecule has 1 aliphatic rings. The highest BCUT2D eigenvalue weighted by Gasteiger charge is 2.33. The summed E-state index contributed by atoms with van der Waals surface area (Å²) in [5.41, 5.74) is 10.1. The van der Waals surface area contributed by atoms with Crippen LogP contribution in [0.4, 0.5) is 0 Å². The highest BCUT2D eigenvalue weighted by atomic mass is 35.5. The van der Waals surface area contributed by atoms with Crippen molar-refractivity contribution in [1.82, 2.24) is 15.1 Å². The molecule has 1 unspecified atom stereocenters. The van der Waals surface area contributed by atoms with Crippen molar-refractivity contribution in [3.8, 4) is 11.3 Å². The zero-order valence-electron chi connectivity index (χ0n) is 16.1. The van der Waals surface area contributed by atoms with Gasteiger partial charge in [0.25, 0.3) is 0 Å². The smallest absolute Gasteiger partial charge is 0.335 e. The molecule has 1 aromatic heterocycles. The van der Waals surface area contributed by atoms with Gasteiger partial charge in [0.2, 0.25) is 5.91 Å². The average Bonchev–Trinajstić information content (AvgIpc) is 3.33. The molecule has 30 heavy (non-hydrogen) atoms. The maximum Gasteiger partial charge on any atom is 0.335 e. The molecule has 1 aliphatic heterocycles. The molecule has 2 heterocycles. The standard InChI is InChI=1S/C22H21ClN4O3/c23-18-4-2-1-3-15(18)16(9-10-24)21(28)27-11-17-19(12-27)25-26-20(17)13-5-7-14(8-6-13)22(29)30/h1-8,16H,9-12,24H2,(H,25,26)(H,29,30). The first-order valence-corrected chi connectivity index (χ1v) is 10.0. The molecule has 3 aromatic rings. The lowest BCUT2D eigenvalue weighted by atomic mass is 9.94. The third-order valence-corrected chi connectivity index (χ3v) is 5.75. The monoisotopic (exact) mass is 424 g/mol. The van der Waals surface area contributed by atoms with Gasteiger partial charge in [-0.25, -0.2) is 4.79 Å². The second-order valence-electron chi connectivity index (χ2n) is 7.26. The summed E-state index contributed by atoms with van der Waals surface area (Å²) in [6.45, 7) is 1.23. The molecule has 0 aliphatic carbocycles. The van der Waals surface area contributed by atoms with E-state index in [1.54, 1.807) is 35.2 Å². The summed E-state index contributed by atoms with van der Waals surface area (Å²) in [4.78, 5) is 26.2. The maximum absolute atomic E-state index is 13.3. The number of carboxylic acid groups (broad SMARTS) is 1. The number of carbonyl (C=O) groups is 2. The Morgan fingerprint density at radius 1 is 1.17 bits per heavy atom. The number of nitrogens with zero attached hydrogens (tertiary/aromatic N) is 2. The minimum atomic E-state index is -0.976. The molecule has 1 amide bonds. The molecule has 7 nitrogen and oxygen atoms in total. The van der Waals surface area contributed by atoms with Crippen molar-refractivity contribution in [3.05, 3.63) is 75.9 Å². The normalized spacial score (nSPS) is 13.9. The van der Waals surface area contributed by atoms with E-state index in [0.717, 1.165) is 28.1 Å². The van der Waals surface area contributed by atoms with Gasteiger partial charge >= 0.3 is 5.97 Å². The van der Waals surface area contributed by atoms with Crippen molar-refractivity contribution in [3.63, 3.8) is 0 Å². The van der Waals surface area contributed by atoms with Crippen LogP contribution in [0.3, 0.4) is 0 Å². The predicted octanol–water partition coefficient (Wildman–Crippen LogP) is 3.40. The molecular formula is C22H21ClN4O3. The van der Waals surface area contributed by atoms with Crippen LogP contribution >= 0.6 is 11.6 Å². The van der Waals surface area contributed by atoms with Crippen LogP contribution in [-0.4, -0.2) is 38.6 Å². The topological polar surface area (TPSA) is 112 Å².